The Morgan fingerprint density at radius 1 is 0.567 bits per heavy atom. The molecule has 8 aromatic rings. The lowest BCUT2D eigenvalue weighted by Gasteiger charge is -2.27. The molecule has 0 fully saturated rings. The molecule has 302 valence electrons. The first-order valence-electron chi connectivity index (χ1n) is 26.6. The van der Waals surface area contributed by atoms with Crippen molar-refractivity contribution in [3.05, 3.63) is 167 Å². The summed E-state index contributed by atoms with van der Waals surface area (Å²) in [4.78, 5) is 9.90. The summed E-state index contributed by atoms with van der Waals surface area (Å²) in [7, 11) is 0. The van der Waals surface area contributed by atoms with Gasteiger partial charge in [0.2, 0.25) is 0 Å². The first-order valence-corrected chi connectivity index (χ1v) is 20.1. The summed E-state index contributed by atoms with van der Waals surface area (Å²) in [6, 6.07) is 25.5. The van der Waals surface area contributed by atoms with Gasteiger partial charge in [-0.25, -0.2) is 4.98 Å². The maximum Gasteiger partial charge on any atom is 0.149 e. The van der Waals surface area contributed by atoms with Crippen LogP contribution in [0.3, 0.4) is 0 Å². The predicted molar refractivity (Wildman–Crippen MR) is 253 cm³/mol. The van der Waals surface area contributed by atoms with Gasteiger partial charge in [0.15, 0.2) is 0 Å². The fourth-order valence-electron chi connectivity index (χ4n) is 7.52. The maximum absolute atomic E-state index is 12.5. The van der Waals surface area contributed by atoms with Crippen LogP contribution in [0, 0.1) is 13.7 Å². The van der Waals surface area contributed by atoms with Gasteiger partial charge < -0.3 is 5.11 Å². The Hall–Kier alpha value is -6.26. The summed E-state index contributed by atoms with van der Waals surface area (Å²) in [5.41, 5.74) is 4.58. The van der Waals surface area contributed by atoms with E-state index in [0.717, 1.165) is 16.7 Å². The SMILES string of the molecule is [2H]c1nc(-c2cc(-c3cccc4c3nc(-c3cc(C(C)(C)C)cc(C(C)(C)C)c3O)n4-c3ccc(C([2H])([2H])[2H])cc3-c3ccccc3)cc(C(C)(C)C)c2)c([2H])c(-c2c([2H])c([2H])c(C([2H])([2H])[2H])c([2H])c2[2H])c1[2H]. The number of aromatic nitrogens is 3. The lowest BCUT2D eigenvalue weighted by Crippen LogP contribution is -2.17. The summed E-state index contributed by atoms with van der Waals surface area (Å²) in [5, 5.41) is 12.5. The smallest absolute Gasteiger partial charge is 0.149 e. The van der Waals surface area contributed by atoms with Crippen molar-refractivity contribution in [2.45, 2.75) is 92.3 Å². The van der Waals surface area contributed by atoms with Gasteiger partial charge in [0.1, 0.15) is 11.6 Å². The molecule has 8 rings (SSSR count). The highest BCUT2D eigenvalue weighted by molar-refractivity contribution is 5.98. The zero-order chi connectivity index (χ0) is 53.8. The molecule has 4 heteroatoms. The molecule has 2 aromatic heterocycles. The number of para-hydroxylation sites is 1. The Labute approximate surface area is 374 Å². The number of pyridine rings is 1. The lowest BCUT2D eigenvalue weighted by molar-refractivity contribution is 0.446. The first-order chi connectivity index (χ1) is 33.7. The van der Waals surface area contributed by atoms with Gasteiger partial charge in [-0.15, -0.1) is 0 Å². The minimum absolute atomic E-state index is 0.0414. The van der Waals surface area contributed by atoms with Crippen LogP contribution in [0.15, 0.2) is 139 Å². The van der Waals surface area contributed by atoms with Crippen molar-refractivity contribution in [3.8, 4) is 67.5 Å². The minimum Gasteiger partial charge on any atom is -0.507 e. The van der Waals surface area contributed by atoms with E-state index < -0.39 is 83.7 Å². The van der Waals surface area contributed by atoms with Crippen LogP contribution in [0.5, 0.6) is 5.75 Å². The van der Waals surface area contributed by atoms with Gasteiger partial charge in [-0.1, -0.05) is 158 Å². The van der Waals surface area contributed by atoms with Crippen LogP contribution >= 0.6 is 0 Å². The Balaban J connectivity index is 1.48. The molecule has 2 heterocycles. The molecule has 0 saturated carbocycles. The Kier molecular flexibility index (Phi) is 6.91. The molecule has 0 atom stereocenters. The van der Waals surface area contributed by atoms with Crippen molar-refractivity contribution in [1.82, 2.24) is 14.5 Å². The second-order valence-corrected chi connectivity index (χ2v) is 18.5. The quantitative estimate of drug-likeness (QED) is 0.182. The van der Waals surface area contributed by atoms with E-state index in [1.54, 1.807) is 24.3 Å². The molecule has 60 heavy (non-hydrogen) atoms. The van der Waals surface area contributed by atoms with Crippen LogP contribution in [0.1, 0.15) is 108 Å². The van der Waals surface area contributed by atoms with Crippen LogP contribution < -0.4 is 0 Å². The van der Waals surface area contributed by atoms with Crippen LogP contribution in [0.25, 0.3) is 72.7 Å². The minimum atomic E-state index is -2.99. The summed E-state index contributed by atoms with van der Waals surface area (Å²) in [6.07, 6.45) is -0.600. The third-order valence-electron chi connectivity index (χ3n) is 10.9. The highest BCUT2D eigenvalue weighted by Crippen LogP contribution is 2.46. The highest BCUT2D eigenvalue weighted by Gasteiger charge is 2.29. The number of phenols is 1. The molecule has 0 amide bonds. The average molecular weight is 801 g/mol. The number of phenolic OH excluding ortho intramolecular Hbond substituents is 1. The molecule has 0 aliphatic rings. The van der Waals surface area contributed by atoms with Gasteiger partial charge in [-0.2, -0.15) is 0 Å². The molecule has 0 aliphatic carbocycles. The number of rotatable bonds is 6. The van der Waals surface area contributed by atoms with E-state index in [1.165, 1.54) is 0 Å². The number of benzene rings is 6. The van der Waals surface area contributed by atoms with Gasteiger partial charge in [-0.05, 0) is 112 Å². The molecule has 0 spiro atoms. The molecule has 1 N–H and O–H groups in total. The largest absolute Gasteiger partial charge is 0.507 e. The third-order valence-corrected chi connectivity index (χ3v) is 10.9. The zero-order valence-corrected chi connectivity index (χ0v) is 35.5. The van der Waals surface area contributed by atoms with E-state index in [-0.39, 0.29) is 22.4 Å². The van der Waals surface area contributed by atoms with E-state index in [0.29, 0.717) is 55.9 Å². The van der Waals surface area contributed by atoms with Crippen LogP contribution in [0.2, 0.25) is 0 Å². The van der Waals surface area contributed by atoms with E-state index in [2.05, 4.69) is 25.8 Å². The molecule has 0 radical (unpaired) electrons. The van der Waals surface area contributed by atoms with Gasteiger partial charge >= 0.3 is 0 Å². The number of aryl methyl sites for hydroxylation is 1. The third kappa shape index (κ3) is 7.79. The fourth-order valence-corrected chi connectivity index (χ4v) is 7.52. The van der Waals surface area contributed by atoms with Crippen molar-refractivity contribution < 1.29 is 22.9 Å². The lowest BCUT2D eigenvalue weighted by atomic mass is 9.79. The second-order valence-electron chi connectivity index (χ2n) is 18.5. The summed E-state index contributed by atoms with van der Waals surface area (Å²) in [6.45, 7) is 13.0. The maximum atomic E-state index is 12.5. The Morgan fingerprint density at radius 3 is 1.95 bits per heavy atom. The molecule has 0 bridgehead atoms. The molecule has 4 nitrogen and oxygen atoms in total. The fraction of sp³-hybridized carbons (Fsp3) is 0.250. The Morgan fingerprint density at radius 2 is 1.27 bits per heavy atom. The van der Waals surface area contributed by atoms with Gasteiger partial charge in [0, 0.05) is 36.7 Å². The number of nitrogens with zero attached hydrogens (tertiary/aromatic N) is 3. The van der Waals surface area contributed by atoms with Crippen LogP contribution in [-0.4, -0.2) is 19.6 Å². The highest BCUT2D eigenvalue weighted by atomic mass is 16.3. The standard InChI is InChI=1S/C56H57N3O/c1-35-20-23-37(24-21-35)39-26-27-57-48(32-39)41-29-40(30-42(31-41)54(3,4)5)44-18-15-19-50-51(44)58-53(46-33-43(55(6,7)8)34-47(52(46)60)56(9,10)11)59(50)49-25-22-36(2)28-45(49)38-16-13-12-14-17-38/h12-34,60H,1-11H3/i1D3,2D3,20D,21D,23D,24D,26D,27D,32D. The van der Waals surface area contributed by atoms with E-state index in [4.69, 9.17) is 21.4 Å². The number of fused-ring (bicyclic) bond motifs is 1. The zero-order valence-electron chi connectivity index (χ0n) is 48.5. The number of aromatic hydroxyl groups is 1. The van der Waals surface area contributed by atoms with Gasteiger partial charge in [0.05, 0.1) is 37.6 Å². The van der Waals surface area contributed by atoms with Crippen molar-refractivity contribution in [2.24, 2.45) is 0 Å². The normalized spacial score (nSPS) is 15.8. The van der Waals surface area contributed by atoms with Crippen molar-refractivity contribution in [1.29, 1.82) is 0 Å². The predicted octanol–water partition coefficient (Wildman–Crippen LogP) is 15.0. The van der Waals surface area contributed by atoms with Gasteiger partial charge in [-0.3, -0.25) is 9.55 Å². The topological polar surface area (TPSA) is 50.9 Å². The van der Waals surface area contributed by atoms with Crippen molar-refractivity contribution >= 4 is 11.0 Å². The van der Waals surface area contributed by atoms with Crippen LogP contribution in [-0.2, 0) is 16.2 Å². The number of hydrogen-bond donors (Lipinski definition) is 1. The average Bonchev–Trinajstić information content (AvgIpc) is 3.68. The van der Waals surface area contributed by atoms with Crippen LogP contribution in [0.4, 0.5) is 0 Å². The second kappa shape index (κ2) is 15.1. The first kappa shape index (κ1) is 27.5. The molecule has 0 saturated heterocycles. The van der Waals surface area contributed by atoms with E-state index >= 15 is 0 Å². The van der Waals surface area contributed by atoms with Crippen molar-refractivity contribution in [3.63, 3.8) is 0 Å². The molecule has 0 aliphatic heterocycles. The Bertz CT molecular complexity index is 3490. The van der Waals surface area contributed by atoms with E-state index in [1.807, 2.05) is 119 Å². The van der Waals surface area contributed by atoms with E-state index in [9.17, 15) is 6.48 Å². The van der Waals surface area contributed by atoms with Gasteiger partial charge in [0.25, 0.3) is 0 Å². The summed E-state index contributed by atoms with van der Waals surface area (Å²) < 4.78 is 113. The monoisotopic (exact) mass is 801 g/mol. The number of hydrogen-bond acceptors (Lipinski definition) is 3. The summed E-state index contributed by atoms with van der Waals surface area (Å²) in [5.74, 6) is 0.427. The summed E-state index contributed by atoms with van der Waals surface area (Å²) >= 11 is 0. The molecular formula is C56H57N3O. The molecular weight excluding hydrogens is 731 g/mol. The van der Waals surface area contributed by atoms with Crippen molar-refractivity contribution in [2.75, 3.05) is 0 Å². The number of imidazole rings is 1. The molecule has 6 aromatic carbocycles. The molecule has 0 unspecified atom stereocenters.